The molecule has 0 bridgehead atoms. The van der Waals surface area contributed by atoms with E-state index in [9.17, 15) is 18.0 Å². The average Bonchev–Trinajstić information content (AvgIpc) is 2.90. The van der Waals surface area contributed by atoms with Gasteiger partial charge in [0.25, 0.3) is 0 Å². The van der Waals surface area contributed by atoms with Gasteiger partial charge in [0, 0.05) is 13.0 Å². The molecule has 2 aromatic carbocycles. The van der Waals surface area contributed by atoms with Crippen LogP contribution in [0.2, 0.25) is 0 Å². The highest BCUT2D eigenvalue weighted by Crippen LogP contribution is 2.41. The number of amides is 1. The second-order valence-electron chi connectivity index (χ2n) is 7.46. The summed E-state index contributed by atoms with van der Waals surface area (Å²) in [6.07, 6.45) is -4.42. The van der Waals surface area contributed by atoms with Crippen molar-refractivity contribution in [3.05, 3.63) is 47.5 Å². The van der Waals surface area contributed by atoms with Gasteiger partial charge in [-0.05, 0) is 33.4 Å². The lowest BCUT2D eigenvalue weighted by Crippen LogP contribution is -2.43. The molecule has 134 valence electrons. The number of carbonyl (C=O) groups excluding carboxylic acids is 1. The number of hydrogen-bond acceptors (Lipinski definition) is 2. The second kappa shape index (κ2) is 6.02. The van der Waals surface area contributed by atoms with E-state index in [0.717, 1.165) is 21.3 Å². The number of nitrogens with one attached hydrogen (secondary N) is 1. The minimum Gasteiger partial charge on any atom is -0.288 e. The predicted octanol–water partition coefficient (Wildman–Crippen LogP) is 4.48. The smallest absolute Gasteiger partial charge is 0.288 e. The van der Waals surface area contributed by atoms with Gasteiger partial charge in [-0.25, -0.2) is 5.01 Å². The van der Waals surface area contributed by atoms with Crippen LogP contribution in [0.3, 0.4) is 0 Å². The molecule has 1 unspecified atom stereocenters. The van der Waals surface area contributed by atoms with Crippen molar-refractivity contribution < 1.29 is 18.0 Å². The summed E-state index contributed by atoms with van der Waals surface area (Å²) in [6.45, 7) is 6.00. The summed E-state index contributed by atoms with van der Waals surface area (Å²) in [5.41, 5.74) is 3.05. The van der Waals surface area contributed by atoms with Crippen molar-refractivity contribution in [2.75, 3.05) is 6.54 Å². The van der Waals surface area contributed by atoms with Crippen LogP contribution in [0.1, 0.15) is 44.4 Å². The zero-order chi connectivity index (χ0) is 18.4. The van der Waals surface area contributed by atoms with Crippen LogP contribution < -0.4 is 5.43 Å². The Morgan fingerprint density at radius 1 is 1.12 bits per heavy atom. The lowest BCUT2D eigenvalue weighted by molar-refractivity contribution is -0.191. The van der Waals surface area contributed by atoms with Crippen LogP contribution in [-0.2, 0) is 10.2 Å². The largest absolute Gasteiger partial charge is 0.409 e. The first-order valence-corrected chi connectivity index (χ1v) is 8.23. The SMILES string of the molecule is CC(C)(C)c1cc(C(N2CCC(=O)N2)C(F)(F)F)cc2ccccc12. The van der Waals surface area contributed by atoms with Crippen LogP contribution in [0.5, 0.6) is 0 Å². The van der Waals surface area contributed by atoms with E-state index in [1.165, 1.54) is 0 Å². The predicted molar refractivity (Wildman–Crippen MR) is 90.9 cm³/mol. The molecule has 3 rings (SSSR count). The molecule has 2 aromatic rings. The molecule has 6 heteroatoms. The maximum absolute atomic E-state index is 13.8. The van der Waals surface area contributed by atoms with E-state index < -0.39 is 12.2 Å². The summed E-state index contributed by atoms with van der Waals surface area (Å²) in [6, 6.07) is 8.81. The molecule has 1 heterocycles. The molecule has 25 heavy (non-hydrogen) atoms. The molecule has 3 nitrogen and oxygen atoms in total. The Morgan fingerprint density at radius 3 is 2.36 bits per heavy atom. The van der Waals surface area contributed by atoms with Crippen molar-refractivity contribution in [2.45, 2.75) is 44.8 Å². The Labute approximate surface area is 144 Å². The molecule has 1 aliphatic heterocycles. The summed E-state index contributed by atoms with van der Waals surface area (Å²) in [7, 11) is 0. The Morgan fingerprint density at radius 2 is 1.80 bits per heavy atom. The van der Waals surface area contributed by atoms with Crippen molar-refractivity contribution in [3.63, 3.8) is 0 Å². The lowest BCUT2D eigenvalue weighted by atomic mass is 9.81. The molecule has 1 saturated heterocycles. The lowest BCUT2D eigenvalue weighted by Gasteiger charge is -2.31. The molecule has 1 amide bonds. The minimum atomic E-state index is -4.49. The summed E-state index contributed by atoms with van der Waals surface area (Å²) < 4.78 is 41.5. The van der Waals surface area contributed by atoms with E-state index in [1.54, 1.807) is 12.1 Å². The number of benzene rings is 2. The van der Waals surface area contributed by atoms with Gasteiger partial charge in [-0.15, -0.1) is 0 Å². The molecular formula is C19H21F3N2O. The molecule has 1 fully saturated rings. The maximum atomic E-state index is 13.8. The Kier molecular flexibility index (Phi) is 4.27. The third kappa shape index (κ3) is 3.49. The molecular weight excluding hydrogens is 329 g/mol. The minimum absolute atomic E-state index is 0.0423. The first kappa shape index (κ1) is 17.7. The fourth-order valence-electron chi connectivity index (χ4n) is 3.35. The number of nitrogens with zero attached hydrogens (tertiary/aromatic N) is 1. The van der Waals surface area contributed by atoms with E-state index in [-0.39, 0.29) is 29.9 Å². The van der Waals surface area contributed by atoms with Crippen LogP contribution in [0, 0.1) is 0 Å². The monoisotopic (exact) mass is 350 g/mol. The summed E-state index contributed by atoms with van der Waals surface area (Å²) in [5, 5.41) is 2.72. The summed E-state index contributed by atoms with van der Waals surface area (Å²) >= 11 is 0. The Balaban J connectivity index is 2.20. The Hall–Kier alpha value is -2.08. The highest BCUT2D eigenvalue weighted by atomic mass is 19.4. The number of carbonyl (C=O) groups is 1. The first-order valence-electron chi connectivity index (χ1n) is 8.23. The van der Waals surface area contributed by atoms with Crippen LogP contribution in [-0.4, -0.2) is 23.6 Å². The van der Waals surface area contributed by atoms with E-state index in [1.807, 2.05) is 45.0 Å². The van der Waals surface area contributed by atoms with Crippen molar-refractivity contribution in [2.24, 2.45) is 0 Å². The van der Waals surface area contributed by atoms with Crippen LogP contribution >= 0.6 is 0 Å². The number of fused-ring (bicyclic) bond motifs is 1. The van der Waals surface area contributed by atoms with Gasteiger partial charge in [-0.1, -0.05) is 51.1 Å². The number of halogens is 3. The molecule has 0 saturated carbocycles. The van der Waals surface area contributed by atoms with Gasteiger partial charge in [0.05, 0.1) is 0 Å². The molecule has 0 spiro atoms. The molecule has 0 aliphatic carbocycles. The summed E-state index contributed by atoms with van der Waals surface area (Å²) in [4.78, 5) is 11.4. The van der Waals surface area contributed by atoms with E-state index in [2.05, 4.69) is 5.43 Å². The van der Waals surface area contributed by atoms with Crippen molar-refractivity contribution in [1.82, 2.24) is 10.4 Å². The van der Waals surface area contributed by atoms with Gasteiger partial charge >= 0.3 is 6.18 Å². The quantitative estimate of drug-likeness (QED) is 0.866. The number of hydrogen-bond donors (Lipinski definition) is 1. The van der Waals surface area contributed by atoms with E-state index in [0.29, 0.717) is 0 Å². The highest BCUT2D eigenvalue weighted by molar-refractivity contribution is 5.87. The molecule has 1 atom stereocenters. The fraction of sp³-hybridized carbons (Fsp3) is 0.421. The van der Waals surface area contributed by atoms with Gasteiger partial charge in [0.2, 0.25) is 5.91 Å². The number of hydrazine groups is 1. The van der Waals surface area contributed by atoms with Gasteiger partial charge in [0.15, 0.2) is 0 Å². The zero-order valence-corrected chi connectivity index (χ0v) is 14.4. The molecule has 1 N–H and O–H groups in total. The highest BCUT2D eigenvalue weighted by Gasteiger charge is 2.47. The zero-order valence-electron chi connectivity index (χ0n) is 14.4. The van der Waals surface area contributed by atoms with E-state index >= 15 is 0 Å². The third-order valence-corrected chi connectivity index (χ3v) is 4.48. The maximum Gasteiger partial charge on any atom is 0.409 e. The standard InChI is InChI=1S/C19H21F3N2O/c1-18(2,3)15-11-13(10-12-6-4-5-7-14(12)15)17(19(20,21)22)24-9-8-16(25)23-24/h4-7,10-11,17H,8-9H2,1-3H3,(H,23,25). The van der Waals surface area contributed by atoms with Crippen LogP contribution in [0.4, 0.5) is 13.2 Å². The van der Waals surface area contributed by atoms with Crippen molar-refractivity contribution >= 4 is 16.7 Å². The van der Waals surface area contributed by atoms with Crippen molar-refractivity contribution in [1.29, 1.82) is 0 Å². The normalized spacial score (nSPS) is 17.8. The third-order valence-electron chi connectivity index (χ3n) is 4.48. The molecule has 1 aliphatic rings. The van der Waals surface area contributed by atoms with Gasteiger partial charge in [-0.3, -0.25) is 10.2 Å². The van der Waals surface area contributed by atoms with Gasteiger partial charge in [-0.2, -0.15) is 13.2 Å². The molecule has 0 aromatic heterocycles. The van der Waals surface area contributed by atoms with Crippen LogP contribution in [0.15, 0.2) is 36.4 Å². The van der Waals surface area contributed by atoms with Gasteiger partial charge in [0.1, 0.15) is 6.04 Å². The van der Waals surface area contributed by atoms with E-state index in [4.69, 9.17) is 0 Å². The fourth-order valence-corrected chi connectivity index (χ4v) is 3.35. The average molecular weight is 350 g/mol. The van der Waals surface area contributed by atoms with Crippen molar-refractivity contribution in [3.8, 4) is 0 Å². The van der Waals surface area contributed by atoms with Crippen LogP contribution in [0.25, 0.3) is 10.8 Å². The summed E-state index contributed by atoms with van der Waals surface area (Å²) in [5.74, 6) is -0.383. The number of alkyl halides is 3. The molecule has 0 radical (unpaired) electrons. The topological polar surface area (TPSA) is 32.3 Å². The number of rotatable bonds is 2. The van der Waals surface area contributed by atoms with Gasteiger partial charge < -0.3 is 0 Å². The first-order chi connectivity index (χ1) is 11.6. The second-order valence-corrected chi connectivity index (χ2v) is 7.46. The Bertz CT molecular complexity index is 808.